The summed E-state index contributed by atoms with van der Waals surface area (Å²) >= 11 is 0. The van der Waals surface area contributed by atoms with Crippen molar-refractivity contribution in [3.63, 3.8) is 0 Å². The van der Waals surface area contributed by atoms with Crippen molar-refractivity contribution in [2.45, 2.75) is 46.1 Å². The van der Waals surface area contributed by atoms with Crippen molar-refractivity contribution < 1.29 is 14.2 Å². The van der Waals surface area contributed by atoms with Crippen molar-refractivity contribution in [1.29, 1.82) is 0 Å². The third-order valence-corrected chi connectivity index (χ3v) is 4.26. The van der Waals surface area contributed by atoms with Crippen molar-refractivity contribution in [2.24, 2.45) is 10.9 Å². The fraction of sp³-hybridized carbons (Fsp3) is 0.650. The number of nitrogens with one attached hydrogen (secondary N) is 2. The van der Waals surface area contributed by atoms with Gasteiger partial charge in [0.1, 0.15) is 0 Å². The van der Waals surface area contributed by atoms with E-state index in [-0.39, 0.29) is 24.0 Å². The molecule has 0 fully saturated rings. The number of ether oxygens (including phenoxy) is 3. The first-order chi connectivity index (χ1) is 12.5. The lowest BCUT2D eigenvalue weighted by Crippen LogP contribution is -2.43. The lowest BCUT2D eigenvalue weighted by atomic mass is 10.0. The van der Waals surface area contributed by atoms with E-state index in [0.29, 0.717) is 29.2 Å². The smallest absolute Gasteiger partial charge is 0.203 e. The van der Waals surface area contributed by atoms with Crippen LogP contribution in [0, 0.1) is 5.92 Å². The number of guanidine groups is 1. The summed E-state index contributed by atoms with van der Waals surface area (Å²) in [4.78, 5) is 4.31. The van der Waals surface area contributed by atoms with Crippen LogP contribution in [0.2, 0.25) is 0 Å². The SMILES string of the molecule is CN=C(NCCc1ccc(OC)c(OC)c1OC)NC(C)CCC(C)C.I. The van der Waals surface area contributed by atoms with Crippen LogP contribution in [0.25, 0.3) is 0 Å². The zero-order chi connectivity index (χ0) is 19.5. The molecule has 1 unspecified atom stereocenters. The third kappa shape index (κ3) is 8.45. The molecule has 1 rings (SSSR count). The predicted molar refractivity (Wildman–Crippen MR) is 123 cm³/mol. The average Bonchev–Trinajstić information content (AvgIpc) is 2.64. The van der Waals surface area contributed by atoms with Crippen LogP contribution in [0.15, 0.2) is 17.1 Å². The highest BCUT2D eigenvalue weighted by Crippen LogP contribution is 2.39. The Bertz CT molecular complexity index is 580. The largest absolute Gasteiger partial charge is 0.493 e. The Kier molecular flexibility index (Phi) is 13.0. The van der Waals surface area contributed by atoms with E-state index in [4.69, 9.17) is 14.2 Å². The van der Waals surface area contributed by atoms with E-state index < -0.39 is 0 Å². The van der Waals surface area contributed by atoms with E-state index in [1.165, 1.54) is 6.42 Å². The van der Waals surface area contributed by atoms with Gasteiger partial charge in [0.05, 0.1) is 21.3 Å². The van der Waals surface area contributed by atoms with Gasteiger partial charge in [-0.3, -0.25) is 4.99 Å². The Balaban J connectivity index is 0.00000676. The zero-order valence-corrected chi connectivity index (χ0v) is 20.0. The van der Waals surface area contributed by atoms with Crippen LogP contribution in [0.1, 0.15) is 39.2 Å². The predicted octanol–water partition coefficient (Wildman–Crippen LogP) is 3.86. The summed E-state index contributed by atoms with van der Waals surface area (Å²) in [7, 11) is 6.67. The fourth-order valence-corrected chi connectivity index (χ4v) is 2.76. The van der Waals surface area contributed by atoms with Gasteiger partial charge in [-0.1, -0.05) is 19.9 Å². The van der Waals surface area contributed by atoms with Crippen molar-refractivity contribution in [3.8, 4) is 17.2 Å². The molecule has 1 aromatic rings. The molecule has 7 heteroatoms. The maximum Gasteiger partial charge on any atom is 0.203 e. The number of nitrogens with zero attached hydrogens (tertiary/aromatic N) is 1. The molecule has 156 valence electrons. The first-order valence-electron chi connectivity index (χ1n) is 9.21. The van der Waals surface area contributed by atoms with Crippen LogP contribution in [0.3, 0.4) is 0 Å². The molecule has 0 aromatic heterocycles. The van der Waals surface area contributed by atoms with Crippen molar-refractivity contribution >= 4 is 29.9 Å². The number of benzene rings is 1. The van der Waals surface area contributed by atoms with Crippen LogP contribution < -0.4 is 24.8 Å². The van der Waals surface area contributed by atoms with Crippen LogP contribution in [-0.4, -0.2) is 46.9 Å². The molecule has 2 N–H and O–H groups in total. The van der Waals surface area contributed by atoms with Gasteiger partial charge in [-0.25, -0.2) is 0 Å². The molecular weight excluding hydrogens is 457 g/mol. The highest BCUT2D eigenvalue weighted by atomic mass is 127. The van der Waals surface area contributed by atoms with Gasteiger partial charge in [0, 0.05) is 25.2 Å². The number of methoxy groups -OCH3 is 3. The van der Waals surface area contributed by atoms with Crippen LogP contribution in [-0.2, 0) is 6.42 Å². The Morgan fingerprint density at radius 3 is 2.19 bits per heavy atom. The Morgan fingerprint density at radius 1 is 1.00 bits per heavy atom. The summed E-state index contributed by atoms with van der Waals surface area (Å²) in [6, 6.07) is 4.29. The first-order valence-corrected chi connectivity index (χ1v) is 9.21. The Morgan fingerprint density at radius 2 is 1.67 bits per heavy atom. The highest BCUT2D eigenvalue weighted by molar-refractivity contribution is 14.0. The molecule has 0 amide bonds. The van der Waals surface area contributed by atoms with Crippen LogP contribution in [0.4, 0.5) is 0 Å². The molecule has 27 heavy (non-hydrogen) atoms. The first kappa shape index (κ1) is 25.6. The monoisotopic (exact) mass is 493 g/mol. The summed E-state index contributed by atoms with van der Waals surface area (Å²) in [5.41, 5.74) is 1.06. The topological polar surface area (TPSA) is 64.1 Å². The third-order valence-electron chi connectivity index (χ3n) is 4.26. The van der Waals surface area contributed by atoms with E-state index >= 15 is 0 Å². The van der Waals surface area contributed by atoms with Gasteiger partial charge in [0.2, 0.25) is 5.75 Å². The summed E-state index contributed by atoms with van der Waals surface area (Å²) in [5, 5.41) is 6.81. The summed E-state index contributed by atoms with van der Waals surface area (Å²) < 4.78 is 16.3. The lowest BCUT2D eigenvalue weighted by molar-refractivity contribution is 0.322. The molecule has 0 saturated carbocycles. The van der Waals surface area contributed by atoms with E-state index in [9.17, 15) is 0 Å². The minimum absolute atomic E-state index is 0. The van der Waals surface area contributed by atoms with Gasteiger partial charge in [-0.05, 0) is 38.2 Å². The second kappa shape index (κ2) is 13.7. The molecule has 1 aromatic carbocycles. The molecule has 6 nitrogen and oxygen atoms in total. The second-order valence-corrected chi connectivity index (χ2v) is 6.76. The minimum atomic E-state index is 0. The number of aliphatic imine (C=N–C) groups is 1. The van der Waals surface area contributed by atoms with Crippen LogP contribution >= 0.6 is 24.0 Å². The normalized spacial score (nSPS) is 12.2. The van der Waals surface area contributed by atoms with Gasteiger partial charge >= 0.3 is 0 Å². The Hall–Kier alpha value is -1.38. The number of hydrogen-bond acceptors (Lipinski definition) is 4. The summed E-state index contributed by atoms with van der Waals surface area (Å²) in [6.07, 6.45) is 3.11. The van der Waals surface area contributed by atoms with E-state index in [2.05, 4.69) is 36.4 Å². The Labute approximate surface area is 181 Å². The maximum atomic E-state index is 5.53. The van der Waals surface area contributed by atoms with Gasteiger partial charge in [-0.15, -0.1) is 24.0 Å². The average molecular weight is 493 g/mol. The van der Waals surface area contributed by atoms with Crippen molar-refractivity contribution in [3.05, 3.63) is 17.7 Å². The number of hydrogen-bond donors (Lipinski definition) is 2. The highest BCUT2D eigenvalue weighted by Gasteiger charge is 2.15. The maximum absolute atomic E-state index is 5.53. The standard InChI is InChI=1S/C20H35N3O3.HI/c1-14(2)8-9-15(3)23-20(21-4)22-13-12-16-10-11-17(24-5)19(26-7)18(16)25-6;/h10-11,14-15H,8-9,12-13H2,1-7H3,(H2,21,22,23);1H. The molecule has 0 saturated heterocycles. The number of rotatable bonds is 10. The fourth-order valence-electron chi connectivity index (χ4n) is 2.76. The summed E-state index contributed by atoms with van der Waals surface area (Å²) in [5.74, 6) is 3.53. The van der Waals surface area contributed by atoms with Crippen molar-refractivity contribution in [1.82, 2.24) is 10.6 Å². The zero-order valence-electron chi connectivity index (χ0n) is 17.7. The number of halogens is 1. The molecule has 0 aliphatic rings. The van der Waals surface area contributed by atoms with Gasteiger partial charge in [-0.2, -0.15) is 0 Å². The van der Waals surface area contributed by atoms with E-state index in [1.807, 2.05) is 12.1 Å². The van der Waals surface area contributed by atoms with Gasteiger partial charge in [0.25, 0.3) is 0 Å². The van der Waals surface area contributed by atoms with Crippen molar-refractivity contribution in [2.75, 3.05) is 34.9 Å². The molecule has 0 aliphatic heterocycles. The molecule has 0 aliphatic carbocycles. The molecule has 0 radical (unpaired) electrons. The molecule has 0 bridgehead atoms. The quantitative estimate of drug-likeness (QED) is 0.295. The molecule has 0 heterocycles. The molecule has 1 atom stereocenters. The van der Waals surface area contributed by atoms with Gasteiger partial charge in [0.15, 0.2) is 17.5 Å². The minimum Gasteiger partial charge on any atom is -0.493 e. The summed E-state index contributed by atoms with van der Waals surface area (Å²) in [6.45, 7) is 7.42. The molecular formula is C20H36IN3O3. The lowest BCUT2D eigenvalue weighted by Gasteiger charge is -2.19. The second-order valence-electron chi connectivity index (χ2n) is 6.76. The van der Waals surface area contributed by atoms with E-state index in [1.54, 1.807) is 28.4 Å². The van der Waals surface area contributed by atoms with Crippen LogP contribution in [0.5, 0.6) is 17.2 Å². The van der Waals surface area contributed by atoms with E-state index in [0.717, 1.165) is 30.9 Å². The molecule has 0 spiro atoms. The van der Waals surface area contributed by atoms with Gasteiger partial charge < -0.3 is 24.8 Å².